The third-order valence-electron chi connectivity index (χ3n) is 9.47. The zero-order chi connectivity index (χ0) is 24.1. The Morgan fingerprint density at radius 3 is 2.06 bits per heavy atom. The number of halogens is 1. The molecule has 1 aromatic rings. The van der Waals surface area contributed by atoms with Gasteiger partial charge in [0.1, 0.15) is 0 Å². The smallest absolute Gasteiger partial charge is 0.0605 e. The van der Waals surface area contributed by atoms with Crippen LogP contribution in [0, 0.1) is 11.3 Å². The number of hydrogen-bond acceptors (Lipinski definition) is 4. The van der Waals surface area contributed by atoms with Crippen LogP contribution >= 0.6 is 12.4 Å². The lowest BCUT2D eigenvalue weighted by Gasteiger charge is -2.42. The van der Waals surface area contributed by atoms with Crippen molar-refractivity contribution >= 4 is 23.8 Å². The molecule has 0 N–H and O–H groups in total. The van der Waals surface area contributed by atoms with Crippen molar-refractivity contribution < 1.29 is 4.74 Å². The topological polar surface area (TPSA) is 19.0 Å². The van der Waals surface area contributed by atoms with Gasteiger partial charge in [0.15, 0.2) is 0 Å². The molecule has 2 saturated heterocycles. The fourth-order valence-corrected chi connectivity index (χ4v) is 6.89. The van der Waals surface area contributed by atoms with Gasteiger partial charge < -0.3 is 14.5 Å². The summed E-state index contributed by atoms with van der Waals surface area (Å²) >= 11 is 0. The molecule has 3 fully saturated rings. The van der Waals surface area contributed by atoms with Crippen molar-refractivity contribution in [2.45, 2.75) is 91.1 Å². The number of hydrogen-bond donors (Lipinski definition) is 0. The molecule has 1 aliphatic carbocycles. The molecule has 0 spiro atoms. The predicted molar refractivity (Wildman–Crippen MR) is 154 cm³/mol. The van der Waals surface area contributed by atoms with Crippen molar-refractivity contribution in [2.24, 2.45) is 11.3 Å². The van der Waals surface area contributed by atoms with Crippen molar-refractivity contribution in [2.75, 3.05) is 62.7 Å². The molecule has 1 aromatic carbocycles. The lowest BCUT2D eigenvalue weighted by atomic mass is 9.66. The first-order valence-corrected chi connectivity index (χ1v) is 14.4. The van der Waals surface area contributed by atoms with Crippen molar-refractivity contribution in [1.29, 1.82) is 0 Å². The molecule has 1 saturated carbocycles. The second-order valence-corrected chi connectivity index (χ2v) is 11.8. The van der Waals surface area contributed by atoms with E-state index in [0.717, 1.165) is 31.8 Å². The Bertz CT molecular complexity index is 755. The summed E-state index contributed by atoms with van der Waals surface area (Å²) in [6, 6.07) is 7.49. The minimum absolute atomic E-state index is 0. The molecule has 0 atom stereocenters. The molecule has 35 heavy (non-hydrogen) atoms. The lowest BCUT2D eigenvalue weighted by molar-refractivity contribution is 0.0819. The molecule has 2 heterocycles. The van der Waals surface area contributed by atoms with Crippen LogP contribution in [-0.4, -0.2) is 63.9 Å². The summed E-state index contributed by atoms with van der Waals surface area (Å²) in [7, 11) is 1.86. The van der Waals surface area contributed by atoms with Gasteiger partial charge in [-0.05, 0) is 79.5 Å². The van der Waals surface area contributed by atoms with Crippen molar-refractivity contribution in [1.82, 2.24) is 4.90 Å². The Balaban J connectivity index is 0.00000342. The first kappa shape index (κ1) is 28.6. The molecule has 2 aliphatic heterocycles. The van der Waals surface area contributed by atoms with Gasteiger partial charge in [-0.3, -0.25) is 4.90 Å². The van der Waals surface area contributed by atoms with Crippen molar-refractivity contribution in [3.8, 4) is 0 Å². The van der Waals surface area contributed by atoms with Gasteiger partial charge in [0.25, 0.3) is 0 Å². The maximum absolute atomic E-state index is 5.63. The highest BCUT2D eigenvalue weighted by Crippen LogP contribution is 2.49. The van der Waals surface area contributed by atoms with Crippen LogP contribution in [0.25, 0.3) is 0 Å². The summed E-state index contributed by atoms with van der Waals surface area (Å²) in [5.41, 5.74) is 5.21. The number of nitrogens with zero attached hydrogens (tertiary/aromatic N) is 3. The van der Waals surface area contributed by atoms with E-state index in [9.17, 15) is 0 Å². The average molecular weight is 506 g/mol. The number of piperazine rings is 1. The highest BCUT2D eigenvalue weighted by Gasteiger charge is 2.34. The van der Waals surface area contributed by atoms with Crippen LogP contribution in [0.4, 0.5) is 11.4 Å². The standard InChI is InChI=1S/C30H51N3O.ClH/c1-6-30(7-2)14-10-25(11-15-30)28-22-26(32-16-12-27(34-5)13-17-32)8-9-29(28)33-20-18-31(19-21-33)23-24(3)4;/h8-9,22,24-25,27H,6-7,10-21,23H2,1-5H3;1H. The molecule has 0 amide bonds. The molecule has 5 heteroatoms. The second kappa shape index (κ2) is 13.0. The van der Waals surface area contributed by atoms with Gasteiger partial charge in [0.2, 0.25) is 0 Å². The number of anilines is 2. The zero-order valence-electron chi connectivity index (χ0n) is 23.2. The average Bonchev–Trinajstić information content (AvgIpc) is 2.88. The van der Waals surface area contributed by atoms with E-state index < -0.39 is 0 Å². The van der Waals surface area contributed by atoms with Gasteiger partial charge in [-0.25, -0.2) is 0 Å². The molecule has 4 nitrogen and oxygen atoms in total. The Morgan fingerprint density at radius 2 is 1.51 bits per heavy atom. The molecule has 0 unspecified atom stereocenters. The monoisotopic (exact) mass is 505 g/mol. The molecule has 0 radical (unpaired) electrons. The highest BCUT2D eigenvalue weighted by atomic mass is 35.5. The summed E-state index contributed by atoms with van der Waals surface area (Å²) in [6.07, 6.45) is 10.9. The SMILES string of the molecule is CCC1(CC)CCC(c2cc(N3CCC(OC)CC3)ccc2N2CCN(CC(C)C)CC2)CC1.Cl. The van der Waals surface area contributed by atoms with E-state index in [0.29, 0.717) is 17.4 Å². The quantitative estimate of drug-likeness (QED) is 0.379. The molecule has 0 aromatic heterocycles. The van der Waals surface area contributed by atoms with Crippen LogP contribution < -0.4 is 9.80 Å². The first-order chi connectivity index (χ1) is 16.5. The summed E-state index contributed by atoms with van der Waals surface area (Å²) < 4.78 is 5.63. The van der Waals surface area contributed by atoms with E-state index in [1.54, 1.807) is 5.56 Å². The van der Waals surface area contributed by atoms with Gasteiger partial charge in [-0.2, -0.15) is 0 Å². The minimum Gasteiger partial charge on any atom is -0.381 e. The van der Waals surface area contributed by atoms with Crippen LogP contribution in [-0.2, 0) is 4.74 Å². The lowest BCUT2D eigenvalue weighted by Crippen LogP contribution is -2.47. The van der Waals surface area contributed by atoms with Crippen LogP contribution in [0.1, 0.15) is 90.5 Å². The van der Waals surface area contributed by atoms with E-state index in [1.807, 2.05) is 7.11 Å². The molecular formula is C30H52ClN3O. The number of rotatable bonds is 8. The maximum atomic E-state index is 5.63. The molecule has 200 valence electrons. The van der Waals surface area contributed by atoms with E-state index in [2.05, 4.69) is 60.6 Å². The summed E-state index contributed by atoms with van der Waals surface area (Å²) in [4.78, 5) is 7.97. The Labute approximate surface area is 222 Å². The molecule has 3 aliphatic rings. The predicted octanol–water partition coefficient (Wildman–Crippen LogP) is 6.97. The number of benzene rings is 1. The fraction of sp³-hybridized carbons (Fsp3) is 0.800. The van der Waals surface area contributed by atoms with Gasteiger partial charge >= 0.3 is 0 Å². The summed E-state index contributed by atoms with van der Waals surface area (Å²) in [5.74, 6) is 1.47. The molecular weight excluding hydrogens is 454 g/mol. The highest BCUT2D eigenvalue weighted by molar-refractivity contribution is 5.85. The molecule has 4 rings (SSSR count). The summed E-state index contributed by atoms with van der Waals surface area (Å²) in [6.45, 7) is 17.7. The van der Waals surface area contributed by atoms with Crippen LogP contribution in [0.2, 0.25) is 0 Å². The maximum Gasteiger partial charge on any atom is 0.0605 e. The zero-order valence-corrected chi connectivity index (χ0v) is 24.0. The van der Waals surface area contributed by atoms with E-state index in [1.165, 1.54) is 82.6 Å². The fourth-order valence-electron chi connectivity index (χ4n) is 6.89. The van der Waals surface area contributed by atoms with Crippen LogP contribution in [0.15, 0.2) is 18.2 Å². The van der Waals surface area contributed by atoms with Gasteiger partial charge in [0.05, 0.1) is 6.10 Å². The van der Waals surface area contributed by atoms with Gasteiger partial charge in [0, 0.05) is 64.3 Å². The number of methoxy groups -OCH3 is 1. The van der Waals surface area contributed by atoms with Crippen LogP contribution in [0.3, 0.4) is 0 Å². The molecule has 0 bridgehead atoms. The number of piperidine rings is 1. The minimum atomic E-state index is 0. The van der Waals surface area contributed by atoms with Crippen LogP contribution in [0.5, 0.6) is 0 Å². The van der Waals surface area contributed by atoms with Crippen molar-refractivity contribution in [3.63, 3.8) is 0 Å². The Morgan fingerprint density at radius 1 is 0.886 bits per heavy atom. The Kier molecular flexibility index (Phi) is 10.6. The number of ether oxygens (including phenoxy) is 1. The normalized spacial score (nSPS) is 22.5. The van der Waals surface area contributed by atoms with E-state index >= 15 is 0 Å². The Hall–Kier alpha value is -0.970. The summed E-state index contributed by atoms with van der Waals surface area (Å²) in [5, 5.41) is 0. The first-order valence-electron chi connectivity index (χ1n) is 14.4. The second-order valence-electron chi connectivity index (χ2n) is 11.8. The third kappa shape index (κ3) is 6.87. The third-order valence-corrected chi connectivity index (χ3v) is 9.47. The van der Waals surface area contributed by atoms with Gasteiger partial charge in [-0.15, -0.1) is 12.4 Å². The largest absolute Gasteiger partial charge is 0.381 e. The van der Waals surface area contributed by atoms with Crippen molar-refractivity contribution in [3.05, 3.63) is 23.8 Å². The van der Waals surface area contributed by atoms with E-state index in [4.69, 9.17) is 4.74 Å². The van der Waals surface area contributed by atoms with Gasteiger partial charge in [-0.1, -0.05) is 40.5 Å². The van der Waals surface area contributed by atoms with E-state index in [-0.39, 0.29) is 12.4 Å².